The van der Waals surface area contributed by atoms with E-state index in [4.69, 9.17) is 4.84 Å². The molecular formula is C11H19NO. The fraction of sp³-hybridized carbons (Fsp3) is 0.818. The third kappa shape index (κ3) is 2.32. The molecule has 0 aromatic rings. The van der Waals surface area contributed by atoms with Gasteiger partial charge >= 0.3 is 0 Å². The van der Waals surface area contributed by atoms with Gasteiger partial charge < -0.3 is 0 Å². The van der Waals surface area contributed by atoms with E-state index >= 15 is 0 Å². The van der Waals surface area contributed by atoms with Crippen LogP contribution >= 0.6 is 0 Å². The Labute approximate surface area is 80.5 Å². The third-order valence-electron chi connectivity index (χ3n) is 2.92. The lowest BCUT2D eigenvalue weighted by molar-refractivity contribution is -0.248. The summed E-state index contributed by atoms with van der Waals surface area (Å²) in [5.74, 6) is 0.834. The molecule has 0 aromatic carbocycles. The second kappa shape index (κ2) is 3.81. The smallest absolute Gasteiger partial charge is 0.0830 e. The molecule has 1 atom stereocenters. The molecule has 1 aliphatic heterocycles. The van der Waals surface area contributed by atoms with Gasteiger partial charge in [0.25, 0.3) is 0 Å². The van der Waals surface area contributed by atoms with Gasteiger partial charge in [-0.15, -0.1) is 0 Å². The molecule has 2 heteroatoms. The van der Waals surface area contributed by atoms with Crippen LogP contribution in [0.5, 0.6) is 0 Å². The SMILES string of the molecule is CC1=CCC(ON2CC(C)C2)CC1. The van der Waals surface area contributed by atoms with Crippen molar-refractivity contribution in [1.82, 2.24) is 5.06 Å². The number of allylic oxidation sites excluding steroid dienone is 1. The van der Waals surface area contributed by atoms with Gasteiger partial charge in [0.15, 0.2) is 0 Å². The van der Waals surface area contributed by atoms with Crippen molar-refractivity contribution in [3.63, 3.8) is 0 Å². The maximum absolute atomic E-state index is 5.83. The summed E-state index contributed by atoms with van der Waals surface area (Å²) in [4.78, 5) is 5.83. The summed E-state index contributed by atoms with van der Waals surface area (Å²) in [7, 11) is 0. The zero-order valence-electron chi connectivity index (χ0n) is 8.62. The zero-order valence-corrected chi connectivity index (χ0v) is 8.62. The van der Waals surface area contributed by atoms with Gasteiger partial charge in [-0.3, -0.25) is 4.84 Å². The highest BCUT2D eigenvalue weighted by molar-refractivity contribution is 5.03. The molecular weight excluding hydrogens is 162 g/mol. The van der Waals surface area contributed by atoms with Crippen LogP contribution in [0.15, 0.2) is 11.6 Å². The molecule has 1 fully saturated rings. The van der Waals surface area contributed by atoms with Gasteiger partial charge in [-0.25, -0.2) is 0 Å². The van der Waals surface area contributed by atoms with E-state index in [0.717, 1.165) is 25.4 Å². The van der Waals surface area contributed by atoms with Gasteiger partial charge in [-0.1, -0.05) is 18.6 Å². The van der Waals surface area contributed by atoms with Crippen molar-refractivity contribution in [2.24, 2.45) is 5.92 Å². The van der Waals surface area contributed by atoms with Gasteiger partial charge in [0, 0.05) is 13.1 Å². The number of nitrogens with zero attached hydrogens (tertiary/aromatic N) is 1. The molecule has 0 aromatic heterocycles. The van der Waals surface area contributed by atoms with Gasteiger partial charge in [0.2, 0.25) is 0 Å². The summed E-state index contributed by atoms with van der Waals surface area (Å²) in [6, 6.07) is 0. The molecule has 0 radical (unpaired) electrons. The quantitative estimate of drug-likeness (QED) is 0.606. The molecule has 1 saturated heterocycles. The molecule has 0 N–H and O–H groups in total. The molecule has 2 nitrogen and oxygen atoms in total. The van der Waals surface area contributed by atoms with E-state index in [1.54, 1.807) is 0 Å². The zero-order chi connectivity index (χ0) is 9.26. The van der Waals surface area contributed by atoms with Crippen molar-refractivity contribution in [1.29, 1.82) is 0 Å². The summed E-state index contributed by atoms with van der Waals surface area (Å²) in [5, 5.41) is 2.11. The summed E-state index contributed by atoms with van der Waals surface area (Å²) in [5.41, 5.74) is 1.52. The lowest BCUT2D eigenvalue weighted by Gasteiger charge is -2.38. The molecule has 1 unspecified atom stereocenters. The van der Waals surface area contributed by atoms with Crippen molar-refractivity contribution in [3.8, 4) is 0 Å². The molecule has 0 bridgehead atoms. The second-order valence-corrected chi connectivity index (χ2v) is 4.50. The van der Waals surface area contributed by atoms with Crippen LogP contribution in [0, 0.1) is 5.92 Å². The lowest BCUT2D eigenvalue weighted by atomic mass is 9.98. The Kier molecular flexibility index (Phi) is 2.70. The first kappa shape index (κ1) is 9.22. The Hall–Kier alpha value is -0.340. The van der Waals surface area contributed by atoms with Crippen LogP contribution in [0.2, 0.25) is 0 Å². The number of rotatable bonds is 2. The summed E-state index contributed by atoms with van der Waals surface area (Å²) in [6.45, 7) is 6.73. The first-order valence-electron chi connectivity index (χ1n) is 5.31. The number of hydrogen-bond acceptors (Lipinski definition) is 2. The Morgan fingerprint density at radius 2 is 2.23 bits per heavy atom. The van der Waals surface area contributed by atoms with Crippen molar-refractivity contribution in [3.05, 3.63) is 11.6 Å². The number of hydroxylamine groups is 2. The Bertz CT molecular complexity index is 206. The van der Waals surface area contributed by atoms with Crippen molar-refractivity contribution in [2.45, 2.75) is 39.2 Å². The highest BCUT2D eigenvalue weighted by Crippen LogP contribution is 2.24. The minimum Gasteiger partial charge on any atom is -0.295 e. The van der Waals surface area contributed by atoms with Gasteiger partial charge in [-0.2, -0.15) is 5.06 Å². The predicted molar refractivity (Wildman–Crippen MR) is 53.2 cm³/mol. The first-order valence-corrected chi connectivity index (χ1v) is 5.31. The van der Waals surface area contributed by atoms with Gasteiger partial charge in [0.05, 0.1) is 6.10 Å². The molecule has 0 amide bonds. The maximum atomic E-state index is 5.83. The van der Waals surface area contributed by atoms with Crippen LogP contribution in [0.3, 0.4) is 0 Å². The van der Waals surface area contributed by atoms with E-state index in [0.29, 0.717) is 6.10 Å². The maximum Gasteiger partial charge on any atom is 0.0830 e. The Morgan fingerprint density at radius 3 is 2.77 bits per heavy atom. The molecule has 0 saturated carbocycles. The summed E-state index contributed by atoms with van der Waals surface area (Å²) < 4.78 is 0. The molecule has 2 aliphatic rings. The second-order valence-electron chi connectivity index (χ2n) is 4.50. The van der Waals surface area contributed by atoms with Crippen molar-refractivity contribution in [2.75, 3.05) is 13.1 Å². The van der Waals surface area contributed by atoms with E-state index in [1.807, 2.05) is 0 Å². The Balaban J connectivity index is 1.71. The van der Waals surface area contributed by atoms with Gasteiger partial charge in [0.1, 0.15) is 0 Å². The highest BCUT2D eigenvalue weighted by atomic mass is 16.7. The average Bonchev–Trinajstić information content (AvgIpc) is 2.06. The Morgan fingerprint density at radius 1 is 1.46 bits per heavy atom. The first-order chi connectivity index (χ1) is 6.24. The topological polar surface area (TPSA) is 12.5 Å². The fourth-order valence-corrected chi connectivity index (χ4v) is 1.98. The standard InChI is InChI=1S/C11H19NO/c1-9-3-5-11(6-4-9)13-12-7-10(2)8-12/h3,10-11H,4-8H2,1-2H3. The predicted octanol–water partition coefficient (Wildman–Crippen LogP) is 2.37. The van der Waals surface area contributed by atoms with E-state index in [1.165, 1.54) is 18.4 Å². The molecule has 74 valence electrons. The normalized spacial score (nSPS) is 31.2. The number of hydrogen-bond donors (Lipinski definition) is 0. The molecule has 2 rings (SSSR count). The molecule has 1 aliphatic carbocycles. The minimum atomic E-state index is 0.455. The minimum absolute atomic E-state index is 0.455. The molecule has 0 spiro atoms. The average molecular weight is 181 g/mol. The molecule has 1 heterocycles. The largest absolute Gasteiger partial charge is 0.295 e. The van der Waals surface area contributed by atoms with Crippen LogP contribution in [-0.4, -0.2) is 24.3 Å². The highest BCUT2D eigenvalue weighted by Gasteiger charge is 2.26. The summed E-state index contributed by atoms with van der Waals surface area (Å²) in [6.07, 6.45) is 6.30. The lowest BCUT2D eigenvalue weighted by Crippen LogP contribution is -2.46. The van der Waals surface area contributed by atoms with Gasteiger partial charge in [-0.05, 0) is 32.1 Å². The van der Waals surface area contributed by atoms with E-state index in [2.05, 4.69) is 25.0 Å². The van der Waals surface area contributed by atoms with Crippen molar-refractivity contribution < 1.29 is 4.84 Å². The molecule has 13 heavy (non-hydrogen) atoms. The van der Waals surface area contributed by atoms with Crippen LogP contribution < -0.4 is 0 Å². The van der Waals surface area contributed by atoms with Crippen LogP contribution in [0.25, 0.3) is 0 Å². The van der Waals surface area contributed by atoms with Crippen LogP contribution in [0.1, 0.15) is 33.1 Å². The van der Waals surface area contributed by atoms with Crippen molar-refractivity contribution >= 4 is 0 Å². The van der Waals surface area contributed by atoms with E-state index in [-0.39, 0.29) is 0 Å². The monoisotopic (exact) mass is 181 g/mol. The third-order valence-corrected chi connectivity index (χ3v) is 2.92. The van der Waals surface area contributed by atoms with Crippen LogP contribution in [0.4, 0.5) is 0 Å². The van der Waals surface area contributed by atoms with E-state index < -0.39 is 0 Å². The summed E-state index contributed by atoms with van der Waals surface area (Å²) >= 11 is 0. The van der Waals surface area contributed by atoms with Crippen LogP contribution in [-0.2, 0) is 4.84 Å². The fourth-order valence-electron chi connectivity index (χ4n) is 1.98. The van der Waals surface area contributed by atoms with E-state index in [9.17, 15) is 0 Å².